The molecule has 2 aliphatic heterocycles. The summed E-state index contributed by atoms with van der Waals surface area (Å²) in [5, 5.41) is 0. The van der Waals surface area contributed by atoms with Crippen LogP contribution in [0, 0.1) is 11.8 Å². The van der Waals surface area contributed by atoms with Gasteiger partial charge in [-0.15, -0.1) is 0 Å². The molecule has 124 valence electrons. The lowest BCUT2D eigenvalue weighted by molar-refractivity contribution is -0.132. The third kappa shape index (κ3) is 2.87. The van der Waals surface area contributed by atoms with Gasteiger partial charge in [0.1, 0.15) is 0 Å². The Balaban J connectivity index is 1.65. The zero-order valence-electron chi connectivity index (χ0n) is 13.0. The van der Waals surface area contributed by atoms with Crippen molar-refractivity contribution in [2.75, 3.05) is 18.8 Å². The van der Waals surface area contributed by atoms with E-state index >= 15 is 0 Å². The monoisotopic (exact) mass is 328 g/mol. The smallest absolute Gasteiger partial charge is 0.241 e. The highest BCUT2D eigenvalue weighted by molar-refractivity contribution is 7.89. The second-order valence-electron chi connectivity index (χ2n) is 6.94. The molecule has 0 bridgehead atoms. The fourth-order valence-corrected chi connectivity index (χ4v) is 5.44. The van der Waals surface area contributed by atoms with Gasteiger partial charge in [0, 0.05) is 25.6 Å². The highest BCUT2D eigenvalue weighted by Crippen LogP contribution is 2.32. The molecule has 2 heterocycles. The van der Waals surface area contributed by atoms with Crippen molar-refractivity contribution in [1.82, 2.24) is 9.21 Å². The van der Waals surface area contributed by atoms with E-state index in [0.717, 1.165) is 30.0 Å². The quantitative estimate of drug-likeness (QED) is 0.757. The van der Waals surface area contributed by atoms with Crippen LogP contribution in [0.3, 0.4) is 0 Å². The fraction of sp³-hybridized carbons (Fsp3) is 0.867. The van der Waals surface area contributed by atoms with Crippen LogP contribution < -0.4 is 0 Å². The third-order valence-electron chi connectivity index (χ3n) is 5.28. The van der Waals surface area contributed by atoms with E-state index in [-0.39, 0.29) is 36.6 Å². The molecule has 6 nitrogen and oxygen atoms in total. The lowest BCUT2D eigenvalue weighted by Crippen LogP contribution is -2.41. The molecule has 2 amide bonds. The second kappa shape index (κ2) is 5.83. The molecule has 0 N–H and O–H groups in total. The summed E-state index contributed by atoms with van der Waals surface area (Å²) in [6, 6.07) is 0.233. The number of rotatable bonds is 2. The van der Waals surface area contributed by atoms with Crippen LogP contribution >= 0.6 is 0 Å². The van der Waals surface area contributed by atoms with Gasteiger partial charge in [0.2, 0.25) is 21.8 Å². The molecular formula is C15H24N2O4S. The summed E-state index contributed by atoms with van der Waals surface area (Å²) >= 11 is 0. The van der Waals surface area contributed by atoms with Gasteiger partial charge < -0.3 is 4.90 Å². The lowest BCUT2D eigenvalue weighted by Gasteiger charge is -2.33. The number of likely N-dealkylation sites (tertiary alicyclic amines) is 1. The van der Waals surface area contributed by atoms with Gasteiger partial charge in [-0.25, -0.2) is 12.7 Å². The van der Waals surface area contributed by atoms with E-state index in [2.05, 4.69) is 6.92 Å². The van der Waals surface area contributed by atoms with Crippen molar-refractivity contribution >= 4 is 21.8 Å². The predicted molar refractivity (Wildman–Crippen MR) is 81.4 cm³/mol. The Morgan fingerprint density at radius 2 is 1.86 bits per heavy atom. The first-order chi connectivity index (χ1) is 10.4. The normalized spacial score (nSPS) is 35.1. The molecule has 0 radical (unpaired) electrons. The lowest BCUT2D eigenvalue weighted by atomic mass is 9.87. The minimum Gasteiger partial charge on any atom is -0.339 e. The average molecular weight is 328 g/mol. The van der Waals surface area contributed by atoms with Crippen LogP contribution in [-0.4, -0.2) is 54.3 Å². The van der Waals surface area contributed by atoms with E-state index in [1.807, 2.05) is 4.90 Å². The molecule has 1 unspecified atom stereocenters. The van der Waals surface area contributed by atoms with Crippen molar-refractivity contribution in [3.63, 3.8) is 0 Å². The number of hydrogen-bond acceptors (Lipinski definition) is 4. The van der Waals surface area contributed by atoms with Gasteiger partial charge in [-0.1, -0.05) is 6.92 Å². The Kier molecular flexibility index (Phi) is 4.18. The molecule has 1 aliphatic carbocycles. The zero-order valence-corrected chi connectivity index (χ0v) is 13.8. The molecule has 3 rings (SSSR count). The second-order valence-corrected chi connectivity index (χ2v) is 8.95. The van der Waals surface area contributed by atoms with E-state index < -0.39 is 15.9 Å². The minimum absolute atomic E-state index is 0.00879. The maximum Gasteiger partial charge on any atom is 0.241 e. The Labute approximate surface area is 131 Å². The first kappa shape index (κ1) is 15.8. The van der Waals surface area contributed by atoms with Crippen LogP contribution in [0.2, 0.25) is 0 Å². The van der Waals surface area contributed by atoms with Gasteiger partial charge in [0.05, 0.1) is 11.7 Å². The zero-order chi connectivity index (χ0) is 15.9. The first-order valence-corrected chi connectivity index (χ1v) is 9.83. The Bertz CT molecular complexity index is 566. The van der Waals surface area contributed by atoms with Gasteiger partial charge in [0.25, 0.3) is 0 Å². The van der Waals surface area contributed by atoms with Crippen molar-refractivity contribution < 1.29 is 18.0 Å². The molecule has 0 aromatic rings. The Morgan fingerprint density at radius 1 is 1.18 bits per heavy atom. The molecule has 3 aliphatic rings. The maximum absolute atomic E-state index is 12.5. The number of carbonyl (C=O) groups is 2. The molecule has 2 saturated heterocycles. The van der Waals surface area contributed by atoms with Crippen molar-refractivity contribution in [1.29, 1.82) is 0 Å². The molecule has 0 aromatic carbocycles. The number of carbonyl (C=O) groups excluding carboxylic acids is 2. The van der Waals surface area contributed by atoms with E-state index in [1.54, 1.807) is 0 Å². The van der Waals surface area contributed by atoms with Crippen molar-refractivity contribution in [3.8, 4) is 0 Å². The molecule has 0 aromatic heterocycles. The fourth-order valence-electron chi connectivity index (χ4n) is 3.89. The first-order valence-electron chi connectivity index (χ1n) is 8.22. The van der Waals surface area contributed by atoms with Crippen molar-refractivity contribution in [2.45, 2.75) is 51.5 Å². The number of nitrogens with zero attached hydrogens (tertiary/aromatic N) is 2. The molecule has 1 atom stereocenters. The summed E-state index contributed by atoms with van der Waals surface area (Å²) in [5.74, 6) is -0.100. The third-order valence-corrected chi connectivity index (χ3v) is 7.12. The molecule has 1 saturated carbocycles. The standard InChI is InChI=1S/C15H24N2O4S/c1-11-3-5-13(6-4-11)16-10-12(9-14(16)18)15(19)17-7-2-8-22(17,20)21/h11-13H,2-10H2,1H3. The summed E-state index contributed by atoms with van der Waals surface area (Å²) in [7, 11) is -3.44. The van der Waals surface area contributed by atoms with Gasteiger partial charge in [-0.2, -0.15) is 0 Å². The molecule has 0 spiro atoms. The molecule has 22 heavy (non-hydrogen) atoms. The van der Waals surface area contributed by atoms with E-state index in [0.29, 0.717) is 18.9 Å². The van der Waals surface area contributed by atoms with E-state index in [9.17, 15) is 18.0 Å². The molecular weight excluding hydrogens is 304 g/mol. The van der Waals surface area contributed by atoms with Crippen molar-refractivity contribution in [2.24, 2.45) is 11.8 Å². The van der Waals surface area contributed by atoms with Gasteiger partial charge >= 0.3 is 0 Å². The number of hydrogen-bond donors (Lipinski definition) is 0. The van der Waals surface area contributed by atoms with Crippen LogP contribution in [0.5, 0.6) is 0 Å². The molecule has 3 fully saturated rings. The minimum atomic E-state index is -3.44. The van der Waals surface area contributed by atoms with Crippen molar-refractivity contribution in [3.05, 3.63) is 0 Å². The van der Waals surface area contributed by atoms with E-state index in [4.69, 9.17) is 0 Å². The highest BCUT2D eigenvalue weighted by Gasteiger charge is 2.43. The predicted octanol–water partition coefficient (Wildman–Crippen LogP) is 0.976. The summed E-state index contributed by atoms with van der Waals surface area (Å²) in [5.41, 5.74) is 0. The van der Waals surface area contributed by atoms with Crippen LogP contribution in [0.1, 0.15) is 45.4 Å². The summed E-state index contributed by atoms with van der Waals surface area (Å²) in [4.78, 5) is 26.5. The SMILES string of the molecule is CC1CCC(N2CC(C(=O)N3CCCS3(=O)=O)CC2=O)CC1. The Hall–Kier alpha value is -1.11. The van der Waals surface area contributed by atoms with E-state index in [1.165, 1.54) is 0 Å². The Morgan fingerprint density at radius 3 is 2.45 bits per heavy atom. The van der Waals surface area contributed by atoms with Gasteiger partial charge in [-0.3, -0.25) is 9.59 Å². The van der Waals surface area contributed by atoms with Crippen LogP contribution in [0.4, 0.5) is 0 Å². The van der Waals surface area contributed by atoms with Gasteiger partial charge in [0.15, 0.2) is 0 Å². The maximum atomic E-state index is 12.5. The highest BCUT2D eigenvalue weighted by atomic mass is 32.2. The average Bonchev–Trinajstić information content (AvgIpc) is 3.02. The van der Waals surface area contributed by atoms with Crippen LogP contribution in [0.15, 0.2) is 0 Å². The van der Waals surface area contributed by atoms with Crippen LogP contribution in [-0.2, 0) is 19.6 Å². The van der Waals surface area contributed by atoms with Gasteiger partial charge in [-0.05, 0) is 38.0 Å². The summed E-state index contributed by atoms with van der Waals surface area (Å²) < 4.78 is 24.7. The summed E-state index contributed by atoms with van der Waals surface area (Å²) in [6.45, 7) is 2.89. The topological polar surface area (TPSA) is 74.8 Å². The van der Waals surface area contributed by atoms with Crippen LogP contribution in [0.25, 0.3) is 0 Å². The largest absolute Gasteiger partial charge is 0.339 e. The molecule has 7 heteroatoms. The number of sulfonamides is 1. The number of amides is 2. The summed E-state index contributed by atoms with van der Waals surface area (Å²) in [6.07, 6.45) is 4.89.